The number of nitrogens with zero attached hydrogens (tertiary/aromatic N) is 2. The maximum Gasteiger partial charge on any atom is 0.326 e. The first-order valence-electron chi connectivity index (χ1n) is 6.33. The number of ether oxygens (including phenoxy) is 1. The molecule has 0 aromatic carbocycles. The van der Waals surface area contributed by atoms with Gasteiger partial charge < -0.3 is 19.3 Å². The highest BCUT2D eigenvalue weighted by atomic mass is 16.5. The number of aliphatic carboxylic acids is 1. The molecule has 6 heteroatoms. The standard InChI is InChI=1S/C13H18N2O4/c1-19-9-8-14-6-2-4-10(14)12(16)15-7-3-5-11(15)13(17)18/h2,4,6,11H,3,5,7-9H2,1H3,(H,17,18)/t11-/m1/s1. The molecule has 0 bridgehead atoms. The number of rotatable bonds is 5. The Balaban J connectivity index is 2.15. The van der Waals surface area contributed by atoms with Gasteiger partial charge in [-0.25, -0.2) is 4.79 Å². The molecule has 1 aliphatic heterocycles. The van der Waals surface area contributed by atoms with E-state index in [9.17, 15) is 9.59 Å². The molecular weight excluding hydrogens is 248 g/mol. The largest absolute Gasteiger partial charge is 0.480 e. The highest BCUT2D eigenvalue weighted by Crippen LogP contribution is 2.20. The Morgan fingerprint density at radius 3 is 3.00 bits per heavy atom. The molecule has 0 radical (unpaired) electrons. The number of carbonyl (C=O) groups excluding carboxylic acids is 1. The van der Waals surface area contributed by atoms with E-state index in [4.69, 9.17) is 9.84 Å². The van der Waals surface area contributed by atoms with Crippen LogP contribution in [0.2, 0.25) is 0 Å². The van der Waals surface area contributed by atoms with Gasteiger partial charge in [-0.3, -0.25) is 4.79 Å². The van der Waals surface area contributed by atoms with Gasteiger partial charge in [-0.05, 0) is 25.0 Å². The van der Waals surface area contributed by atoms with Crippen molar-refractivity contribution in [3.8, 4) is 0 Å². The van der Waals surface area contributed by atoms with Crippen molar-refractivity contribution in [2.75, 3.05) is 20.3 Å². The van der Waals surface area contributed by atoms with Crippen LogP contribution in [-0.2, 0) is 16.1 Å². The van der Waals surface area contributed by atoms with Gasteiger partial charge in [0.1, 0.15) is 11.7 Å². The summed E-state index contributed by atoms with van der Waals surface area (Å²) in [6.45, 7) is 1.60. The molecule has 0 unspecified atom stereocenters. The van der Waals surface area contributed by atoms with Gasteiger partial charge in [0.25, 0.3) is 5.91 Å². The Morgan fingerprint density at radius 2 is 2.32 bits per heavy atom. The van der Waals surface area contributed by atoms with Gasteiger partial charge >= 0.3 is 5.97 Å². The Morgan fingerprint density at radius 1 is 1.53 bits per heavy atom. The summed E-state index contributed by atoms with van der Waals surface area (Å²) in [5.41, 5.74) is 0.519. The number of hydrogen-bond acceptors (Lipinski definition) is 3. The van der Waals surface area contributed by atoms with E-state index in [1.54, 1.807) is 30.0 Å². The Kier molecular flexibility index (Phi) is 4.21. The smallest absolute Gasteiger partial charge is 0.326 e. The minimum absolute atomic E-state index is 0.217. The topological polar surface area (TPSA) is 71.8 Å². The van der Waals surface area contributed by atoms with Crippen molar-refractivity contribution < 1.29 is 19.4 Å². The summed E-state index contributed by atoms with van der Waals surface area (Å²) in [5.74, 6) is -1.15. The molecule has 1 aliphatic rings. The van der Waals surface area contributed by atoms with E-state index in [2.05, 4.69) is 0 Å². The molecule has 1 aromatic rings. The van der Waals surface area contributed by atoms with Crippen molar-refractivity contribution in [2.45, 2.75) is 25.4 Å². The Labute approximate surface area is 111 Å². The van der Waals surface area contributed by atoms with Crippen LogP contribution in [0, 0.1) is 0 Å². The van der Waals surface area contributed by atoms with Gasteiger partial charge in [-0.15, -0.1) is 0 Å². The summed E-state index contributed by atoms with van der Waals surface area (Å²) in [7, 11) is 1.60. The van der Waals surface area contributed by atoms with Gasteiger partial charge in [-0.1, -0.05) is 0 Å². The van der Waals surface area contributed by atoms with Gasteiger partial charge in [0.15, 0.2) is 0 Å². The lowest BCUT2D eigenvalue weighted by Crippen LogP contribution is -2.41. The predicted octanol–water partition coefficient (Wildman–Crippen LogP) is 0.824. The summed E-state index contributed by atoms with van der Waals surface area (Å²) in [6, 6.07) is 2.81. The van der Waals surface area contributed by atoms with Crippen LogP contribution in [0.1, 0.15) is 23.3 Å². The minimum Gasteiger partial charge on any atom is -0.480 e. The monoisotopic (exact) mass is 266 g/mol. The van der Waals surface area contributed by atoms with Crippen LogP contribution in [0.15, 0.2) is 18.3 Å². The highest BCUT2D eigenvalue weighted by molar-refractivity contribution is 5.95. The molecule has 1 aromatic heterocycles. The fourth-order valence-electron chi connectivity index (χ4n) is 2.41. The number of carboxylic acid groups (broad SMARTS) is 1. The maximum absolute atomic E-state index is 12.4. The quantitative estimate of drug-likeness (QED) is 0.856. The first-order chi connectivity index (χ1) is 9.15. The Bertz CT molecular complexity index is 469. The molecule has 0 aliphatic carbocycles. The molecule has 1 fully saturated rings. The van der Waals surface area contributed by atoms with E-state index in [0.717, 1.165) is 6.42 Å². The average molecular weight is 266 g/mol. The average Bonchev–Trinajstić information content (AvgIpc) is 3.04. The summed E-state index contributed by atoms with van der Waals surface area (Å²) in [5, 5.41) is 9.12. The molecule has 6 nitrogen and oxygen atoms in total. The molecule has 2 rings (SSSR count). The lowest BCUT2D eigenvalue weighted by molar-refractivity contribution is -0.141. The molecule has 1 amide bonds. The van der Waals surface area contributed by atoms with E-state index in [0.29, 0.717) is 31.8 Å². The van der Waals surface area contributed by atoms with Crippen LogP contribution in [-0.4, -0.2) is 52.8 Å². The van der Waals surface area contributed by atoms with E-state index in [-0.39, 0.29) is 5.91 Å². The lowest BCUT2D eigenvalue weighted by atomic mass is 10.2. The fraction of sp³-hybridized carbons (Fsp3) is 0.538. The Hall–Kier alpha value is -1.82. The van der Waals surface area contributed by atoms with E-state index >= 15 is 0 Å². The first kappa shape index (κ1) is 13.6. The van der Waals surface area contributed by atoms with Crippen LogP contribution < -0.4 is 0 Å². The van der Waals surface area contributed by atoms with Crippen molar-refractivity contribution in [3.05, 3.63) is 24.0 Å². The normalized spacial score (nSPS) is 18.8. The third-order valence-corrected chi connectivity index (χ3v) is 3.38. The molecule has 0 spiro atoms. The number of amides is 1. The number of aromatic nitrogens is 1. The van der Waals surface area contributed by atoms with Crippen LogP contribution >= 0.6 is 0 Å². The lowest BCUT2D eigenvalue weighted by Gasteiger charge is -2.22. The zero-order chi connectivity index (χ0) is 13.8. The fourth-order valence-corrected chi connectivity index (χ4v) is 2.41. The number of hydrogen-bond donors (Lipinski definition) is 1. The third-order valence-electron chi connectivity index (χ3n) is 3.38. The van der Waals surface area contributed by atoms with E-state index < -0.39 is 12.0 Å². The van der Waals surface area contributed by atoms with Crippen LogP contribution in [0.25, 0.3) is 0 Å². The van der Waals surface area contributed by atoms with E-state index in [1.807, 2.05) is 0 Å². The van der Waals surface area contributed by atoms with Gasteiger partial charge in [-0.2, -0.15) is 0 Å². The zero-order valence-corrected chi connectivity index (χ0v) is 10.9. The summed E-state index contributed by atoms with van der Waals surface area (Å²) >= 11 is 0. The van der Waals surface area contributed by atoms with Crippen molar-refractivity contribution >= 4 is 11.9 Å². The maximum atomic E-state index is 12.4. The second kappa shape index (κ2) is 5.88. The molecule has 1 atom stereocenters. The molecule has 104 valence electrons. The second-order valence-electron chi connectivity index (χ2n) is 4.57. The number of likely N-dealkylation sites (tertiary alicyclic amines) is 1. The van der Waals surface area contributed by atoms with Crippen LogP contribution in [0.5, 0.6) is 0 Å². The number of carboxylic acids is 1. The molecule has 1 saturated heterocycles. The van der Waals surface area contributed by atoms with Gasteiger partial charge in [0.05, 0.1) is 6.61 Å². The number of methoxy groups -OCH3 is 1. The van der Waals surface area contributed by atoms with Crippen molar-refractivity contribution in [2.24, 2.45) is 0 Å². The summed E-state index contributed by atoms with van der Waals surface area (Å²) in [6.07, 6.45) is 3.07. The van der Waals surface area contributed by atoms with Gasteiger partial charge in [0, 0.05) is 26.4 Å². The predicted molar refractivity (Wildman–Crippen MR) is 68.0 cm³/mol. The highest BCUT2D eigenvalue weighted by Gasteiger charge is 2.35. The molecular formula is C13H18N2O4. The summed E-state index contributed by atoms with van der Waals surface area (Å²) in [4.78, 5) is 25.0. The summed E-state index contributed by atoms with van der Waals surface area (Å²) < 4.78 is 6.79. The zero-order valence-electron chi connectivity index (χ0n) is 10.9. The molecule has 1 N–H and O–H groups in total. The van der Waals surface area contributed by atoms with Gasteiger partial charge in [0.2, 0.25) is 0 Å². The van der Waals surface area contributed by atoms with Crippen molar-refractivity contribution in [1.29, 1.82) is 0 Å². The van der Waals surface area contributed by atoms with E-state index in [1.165, 1.54) is 4.90 Å². The molecule has 19 heavy (non-hydrogen) atoms. The molecule has 0 saturated carbocycles. The first-order valence-corrected chi connectivity index (χ1v) is 6.33. The van der Waals surface area contributed by atoms with Crippen molar-refractivity contribution in [1.82, 2.24) is 9.47 Å². The SMILES string of the molecule is COCCn1cccc1C(=O)N1CCC[C@@H]1C(=O)O. The van der Waals surface area contributed by atoms with Crippen LogP contribution in [0.3, 0.4) is 0 Å². The minimum atomic E-state index is -0.930. The molecule has 2 heterocycles. The van der Waals surface area contributed by atoms with Crippen LogP contribution in [0.4, 0.5) is 0 Å². The number of carbonyl (C=O) groups is 2. The van der Waals surface area contributed by atoms with Crippen molar-refractivity contribution in [3.63, 3.8) is 0 Å². The second-order valence-corrected chi connectivity index (χ2v) is 4.57. The third kappa shape index (κ3) is 2.78.